The van der Waals surface area contributed by atoms with Gasteiger partial charge in [0.05, 0.1) is 35.6 Å². The first-order valence-corrected chi connectivity index (χ1v) is 7.85. The topological polar surface area (TPSA) is 47.4 Å². The molecule has 1 aliphatic rings. The van der Waals surface area contributed by atoms with Gasteiger partial charge >= 0.3 is 5.69 Å². The number of hydrogen-bond donors (Lipinski definition) is 0. The summed E-state index contributed by atoms with van der Waals surface area (Å²) in [4.78, 5) is 17.6. The molecule has 0 saturated heterocycles. The molecule has 26 heavy (non-hydrogen) atoms. The summed E-state index contributed by atoms with van der Waals surface area (Å²) in [5.41, 5.74) is -1.23. The lowest BCUT2D eigenvalue weighted by Gasteiger charge is -2.45. The highest BCUT2D eigenvalue weighted by atomic mass is 19.2. The standard InChI is InChI=1S/C16H14B3F2N3O2/c1-15(2)8-23-12(24(15)16(17,18)19)6-11(22-14(23)25)26-7-9-4-3-5-10(20)13(9)21/h3-6H,7-8H2,1-2H3. The molecule has 0 saturated carbocycles. The predicted octanol–water partition coefficient (Wildman–Crippen LogP) is 0.816. The summed E-state index contributed by atoms with van der Waals surface area (Å²) < 4.78 is 33.7. The van der Waals surface area contributed by atoms with E-state index in [0.717, 1.165) is 6.07 Å². The minimum atomic E-state index is -1.72. The molecule has 0 amide bonds. The van der Waals surface area contributed by atoms with Gasteiger partial charge in [0, 0.05) is 11.6 Å². The summed E-state index contributed by atoms with van der Waals surface area (Å²) in [6.45, 7) is 3.62. The molecular weight excluding hydrogens is 337 g/mol. The van der Waals surface area contributed by atoms with E-state index in [0.29, 0.717) is 5.82 Å². The molecule has 1 aromatic heterocycles. The largest absolute Gasteiger partial charge is 0.472 e. The van der Waals surface area contributed by atoms with Gasteiger partial charge in [-0.25, -0.2) is 13.6 Å². The van der Waals surface area contributed by atoms with Crippen LogP contribution in [0.5, 0.6) is 5.88 Å². The SMILES string of the molecule is [B]C([B])([B])N1c2cc(OCc3cccc(F)c3F)nc(=O)n2CC1(C)C. The van der Waals surface area contributed by atoms with E-state index in [2.05, 4.69) is 4.98 Å². The third kappa shape index (κ3) is 3.24. The number of fused-ring (bicyclic) bond motifs is 1. The molecule has 0 aliphatic carbocycles. The molecule has 0 spiro atoms. The van der Waals surface area contributed by atoms with E-state index in [1.54, 1.807) is 0 Å². The highest BCUT2D eigenvalue weighted by molar-refractivity contribution is 6.61. The van der Waals surface area contributed by atoms with Crippen molar-refractivity contribution in [2.75, 3.05) is 4.90 Å². The molecule has 0 bridgehead atoms. The van der Waals surface area contributed by atoms with Crippen LogP contribution in [0.25, 0.3) is 0 Å². The molecule has 2 heterocycles. The number of rotatable bonds is 4. The molecule has 3 rings (SSSR count). The number of nitrogens with zero attached hydrogens (tertiary/aromatic N) is 3. The van der Waals surface area contributed by atoms with E-state index in [9.17, 15) is 13.6 Å². The first-order chi connectivity index (χ1) is 12.0. The Kier molecular flexibility index (Phi) is 4.41. The van der Waals surface area contributed by atoms with Crippen LogP contribution in [0.1, 0.15) is 19.4 Å². The van der Waals surface area contributed by atoms with Crippen LogP contribution in [0.4, 0.5) is 14.6 Å². The van der Waals surface area contributed by atoms with Gasteiger partial charge in [0.25, 0.3) is 0 Å². The van der Waals surface area contributed by atoms with Gasteiger partial charge in [0.1, 0.15) is 12.4 Å². The fourth-order valence-corrected chi connectivity index (χ4v) is 3.18. The van der Waals surface area contributed by atoms with Crippen molar-refractivity contribution in [3.8, 4) is 5.88 Å². The van der Waals surface area contributed by atoms with Gasteiger partial charge in [0.15, 0.2) is 11.6 Å². The predicted molar refractivity (Wildman–Crippen MR) is 95.7 cm³/mol. The summed E-state index contributed by atoms with van der Waals surface area (Å²) in [6, 6.07) is 5.17. The molecule has 1 aromatic carbocycles. The van der Waals surface area contributed by atoms with E-state index >= 15 is 0 Å². The Morgan fingerprint density at radius 2 is 2.00 bits per heavy atom. The van der Waals surface area contributed by atoms with E-state index in [4.69, 9.17) is 28.3 Å². The molecule has 5 nitrogen and oxygen atoms in total. The molecule has 0 N–H and O–H groups in total. The Morgan fingerprint density at radius 1 is 1.31 bits per heavy atom. The van der Waals surface area contributed by atoms with Gasteiger partial charge in [-0.3, -0.25) is 4.57 Å². The zero-order valence-corrected chi connectivity index (χ0v) is 14.4. The van der Waals surface area contributed by atoms with Gasteiger partial charge in [0.2, 0.25) is 5.88 Å². The lowest BCUT2D eigenvalue weighted by atomic mass is 9.47. The van der Waals surface area contributed by atoms with Crippen LogP contribution in [-0.2, 0) is 13.2 Å². The molecule has 2 aromatic rings. The lowest BCUT2D eigenvalue weighted by molar-refractivity contribution is 0.283. The van der Waals surface area contributed by atoms with Crippen LogP contribution in [0.2, 0.25) is 0 Å². The quantitative estimate of drug-likeness (QED) is 0.766. The highest BCUT2D eigenvalue weighted by Crippen LogP contribution is 2.36. The second-order valence-corrected chi connectivity index (χ2v) is 6.86. The van der Waals surface area contributed by atoms with Crippen LogP contribution >= 0.6 is 0 Å². The molecular formula is C16H14B3F2N3O2. The summed E-state index contributed by atoms with van der Waals surface area (Å²) in [5.74, 6) is -1.74. The molecule has 0 fully saturated rings. The molecule has 1 aliphatic heterocycles. The van der Waals surface area contributed by atoms with Crippen molar-refractivity contribution in [2.24, 2.45) is 0 Å². The number of halogens is 2. The molecule has 128 valence electrons. The van der Waals surface area contributed by atoms with E-state index in [1.165, 1.54) is 27.7 Å². The molecule has 10 heteroatoms. The van der Waals surface area contributed by atoms with Crippen molar-refractivity contribution < 1.29 is 13.5 Å². The van der Waals surface area contributed by atoms with Gasteiger partial charge in [-0.1, -0.05) is 17.4 Å². The zero-order chi connectivity index (χ0) is 19.3. The van der Waals surface area contributed by atoms with Gasteiger partial charge in [-0.05, 0) is 19.9 Å². The second kappa shape index (κ2) is 6.18. The van der Waals surface area contributed by atoms with Crippen LogP contribution in [0, 0.1) is 11.6 Å². The van der Waals surface area contributed by atoms with Crippen LogP contribution in [0.15, 0.2) is 29.1 Å². The van der Waals surface area contributed by atoms with Gasteiger partial charge in [-0.2, -0.15) is 4.98 Å². The fourth-order valence-electron chi connectivity index (χ4n) is 3.18. The zero-order valence-electron chi connectivity index (χ0n) is 14.4. The maximum Gasteiger partial charge on any atom is 0.352 e. The van der Waals surface area contributed by atoms with Gasteiger partial charge < -0.3 is 9.64 Å². The fraction of sp³-hybridized carbons (Fsp3) is 0.375. The Bertz CT molecular complexity index is 913. The van der Waals surface area contributed by atoms with Crippen molar-refractivity contribution >= 4 is 29.4 Å². The number of hydrogen-bond acceptors (Lipinski definition) is 4. The first kappa shape index (κ1) is 18.5. The summed E-state index contributed by atoms with van der Waals surface area (Å²) in [7, 11) is 17.5. The molecule has 0 atom stereocenters. The maximum absolute atomic E-state index is 13.7. The van der Waals surface area contributed by atoms with Crippen molar-refractivity contribution in [1.29, 1.82) is 0 Å². The monoisotopic (exact) mass is 351 g/mol. The van der Waals surface area contributed by atoms with Gasteiger partial charge in [-0.15, -0.1) is 0 Å². The minimum absolute atomic E-state index is 0.00425. The van der Waals surface area contributed by atoms with Crippen molar-refractivity contribution in [1.82, 2.24) is 9.55 Å². The maximum atomic E-state index is 13.7. The first-order valence-electron chi connectivity index (χ1n) is 7.85. The van der Waals surface area contributed by atoms with Crippen molar-refractivity contribution in [2.45, 2.75) is 37.8 Å². The number of aromatic nitrogens is 2. The Labute approximate surface area is 153 Å². The minimum Gasteiger partial charge on any atom is -0.472 e. The van der Waals surface area contributed by atoms with Crippen molar-refractivity contribution in [3.05, 3.63) is 51.9 Å². The molecule has 6 radical (unpaired) electrons. The van der Waals surface area contributed by atoms with E-state index in [1.807, 2.05) is 13.8 Å². The highest BCUT2D eigenvalue weighted by Gasteiger charge is 2.42. The number of ether oxygens (including phenoxy) is 1. The summed E-state index contributed by atoms with van der Waals surface area (Å²) in [5, 5.41) is -1.72. The third-order valence-corrected chi connectivity index (χ3v) is 4.14. The molecule has 0 unspecified atom stereocenters. The van der Waals surface area contributed by atoms with E-state index < -0.39 is 28.1 Å². The third-order valence-electron chi connectivity index (χ3n) is 4.14. The number of anilines is 1. The Hall–Kier alpha value is -2.25. The normalized spacial score (nSPS) is 15.8. The van der Waals surface area contributed by atoms with Crippen LogP contribution in [-0.4, -0.2) is 43.9 Å². The smallest absolute Gasteiger partial charge is 0.352 e. The Balaban J connectivity index is 1.94. The Morgan fingerprint density at radius 3 is 2.65 bits per heavy atom. The summed E-state index contributed by atoms with van der Waals surface area (Å²) >= 11 is 0. The average molecular weight is 351 g/mol. The van der Waals surface area contributed by atoms with E-state index in [-0.39, 0.29) is 24.6 Å². The van der Waals surface area contributed by atoms with Crippen molar-refractivity contribution in [3.63, 3.8) is 0 Å². The summed E-state index contributed by atoms with van der Waals surface area (Å²) in [6.07, 6.45) is 0. The van der Waals surface area contributed by atoms with Crippen LogP contribution in [0.3, 0.4) is 0 Å². The lowest BCUT2D eigenvalue weighted by Crippen LogP contribution is -2.58. The average Bonchev–Trinajstić information content (AvgIpc) is 2.79. The number of benzene rings is 1. The van der Waals surface area contributed by atoms with Crippen LogP contribution < -0.4 is 15.3 Å². The second-order valence-electron chi connectivity index (χ2n) is 6.86.